The van der Waals surface area contributed by atoms with Gasteiger partial charge in [-0.2, -0.15) is 9.61 Å². The molecule has 0 aliphatic carbocycles. The van der Waals surface area contributed by atoms with Crippen LogP contribution in [0.4, 0.5) is 11.5 Å². The van der Waals surface area contributed by atoms with Crippen molar-refractivity contribution in [2.75, 3.05) is 12.4 Å². The molecule has 0 spiro atoms. The Labute approximate surface area is 158 Å². The van der Waals surface area contributed by atoms with Gasteiger partial charge in [-0.05, 0) is 39.0 Å². The van der Waals surface area contributed by atoms with Crippen molar-refractivity contribution < 1.29 is 4.74 Å². The van der Waals surface area contributed by atoms with Crippen molar-refractivity contribution in [2.45, 2.75) is 20.8 Å². The van der Waals surface area contributed by atoms with E-state index in [9.17, 15) is 0 Å². The zero-order valence-corrected chi connectivity index (χ0v) is 15.9. The zero-order valence-electron chi connectivity index (χ0n) is 15.9. The van der Waals surface area contributed by atoms with Gasteiger partial charge in [0, 0.05) is 34.6 Å². The van der Waals surface area contributed by atoms with Crippen LogP contribution in [0.15, 0.2) is 54.6 Å². The maximum Gasteiger partial charge on any atom is 0.161 e. The number of aryl methyl sites for hydroxylation is 3. The molecule has 2 aromatic heterocycles. The summed E-state index contributed by atoms with van der Waals surface area (Å²) in [5.41, 5.74) is 7.06. The van der Waals surface area contributed by atoms with Crippen LogP contribution in [0, 0.1) is 20.8 Å². The second-order valence-electron chi connectivity index (χ2n) is 6.72. The molecular formula is C22H22N4O. The maximum atomic E-state index is 5.32. The van der Waals surface area contributed by atoms with E-state index in [1.165, 1.54) is 5.56 Å². The highest BCUT2D eigenvalue weighted by molar-refractivity contribution is 5.73. The maximum absolute atomic E-state index is 5.32. The second kappa shape index (κ2) is 6.76. The highest BCUT2D eigenvalue weighted by Gasteiger charge is 2.15. The highest BCUT2D eigenvalue weighted by Crippen LogP contribution is 2.29. The van der Waals surface area contributed by atoms with E-state index in [4.69, 9.17) is 14.8 Å². The first-order valence-electron chi connectivity index (χ1n) is 8.90. The normalized spacial score (nSPS) is 11.0. The quantitative estimate of drug-likeness (QED) is 0.553. The monoisotopic (exact) mass is 358 g/mol. The molecule has 4 rings (SSSR count). The molecule has 0 amide bonds. The van der Waals surface area contributed by atoms with Crippen LogP contribution in [0.2, 0.25) is 0 Å². The summed E-state index contributed by atoms with van der Waals surface area (Å²) in [6.07, 6.45) is 0. The highest BCUT2D eigenvalue weighted by atomic mass is 16.5. The summed E-state index contributed by atoms with van der Waals surface area (Å²) in [4.78, 5) is 4.72. The smallest absolute Gasteiger partial charge is 0.161 e. The fraction of sp³-hybridized carbons (Fsp3) is 0.182. The van der Waals surface area contributed by atoms with Crippen LogP contribution in [0.5, 0.6) is 5.75 Å². The predicted octanol–water partition coefficient (Wildman–Crippen LogP) is 5.07. The average Bonchev–Trinajstić information content (AvgIpc) is 2.99. The molecule has 0 saturated heterocycles. The molecule has 4 aromatic rings. The number of fused-ring (bicyclic) bond motifs is 1. The Kier molecular flexibility index (Phi) is 4.28. The van der Waals surface area contributed by atoms with E-state index in [1.54, 1.807) is 7.11 Å². The first kappa shape index (κ1) is 17.1. The van der Waals surface area contributed by atoms with Crippen LogP contribution in [-0.4, -0.2) is 21.7 Å². The number of methoxy groups -OCH3 is 1. The van der Waals surface area contributed by atoms with Crippen LogP contribution < -0.4 is 10.1 Å². The summed E-state index contributed by atoms with van der Waals surface area (Å²) < 4.78 is 7.20. The SMILES string of the molecule is COc1cccc(Nc2cc(C)nc3c(C)c(-c4cccc(C)c4)nn23)c1. The van der Waals surface area contributed by atoms with E-state index < -0.39 is 0 Å². The number of hydrogen-bond donors (Lipinski definition) is 1. The van der Waals surface area contributed by atoms with Crippen LogP contribution in [0.3, 0.4) is 0 Å². The first-order valence-corrected chi connectivity index (χ1v) is 8.90. The Morgan fingerprint density at radius 1 is 0.963 bits per heavy atom. The molecule has 1 N–H and O–H groups in total. The Bertz CT molecular complexity index is 1130. The molecule has 0 aliphatic rings. The fourth-order valence-electron chi connectivity index (χ4n) is 3.25. The molecule has 136 valence electrons. The standard InChI is InChI=1S/C22H22N4O/c1-14-7-5-8-17(11-14)21-16(3)22-23-15(2)12-20(26(22)25-21)24-18-9-6-10-19(13-18)27-4/h5-13,24H,1-4H3. The Hall–Kier alpha value is -3.34. The Morgan fingerprint density at radius 3 is 2.56 bits per heavy atom. The molecule has 5 heteroatoms. The third kappa shape index (κ3) is 3.24. The summed E-state index contributed by atoms with van der Waals surface area (Å²) in [5, 5.41) is 8.31. The summed E-state index contributed by atoms with van der Waals surface area (Å²) in [7, 11) is 1.67. The van der Waals surface area contributed by atoms with Crippen molar-refractivity contribution in [3.63, 3.8) is 0 Å². The minimum atomic E-state index is 0.805. The molecule has 0 aliphatic heterocycles. The average molecular weight is 358 g/mol. The van der Waals surface area contributed by atoms with E-state index in [0.717, 1.165) is 45.4 Å². The van der Waals surface area contributed by atoms with Gasteiger partial charge in [0.15, 0.2) is 5.65 Å². The van der Waals surface area contributed by atoms with Crippen molar-refractivity contribution in [2.24, 2.45) is 0 Å². The lowest BCUT2D eigenvalue weighted by molar-refractivity contribution is 0.415. The third-order valence-electron chi connectivity index (χ3n) is 4.58. The molecule has 0 atom stereocenters. The summed E-state index contributed by atoms with van der Waals surface area (Å²) in [6, 6.07) is 18.2. The molecular weight excluding hydrogens is 336 g/mol. The number of rotatable bonds is 4. The third-order valence-corrected chi connectivity index (χ3v) is 4.58. The first-order chi connectivity index (χ1) is 13.0. The van der Waals surface area contributed by atoms with E-state index in [1.807, 2.05) is 41.8 Å². The van der Waals surface area contributed by atoms with Crippen LogP contribution in [0.25, 0.3) is 16.9 Å². The number of ether oxygens (including phenoxy) is 1. The molecule has 0 bridgehead atoms. The minimum absolute atomic E-state index is 0.805. The van der Waals surface area contributed by atoms with Crippen molar-refractivity contribution >= 4 is 17.2 Å². The van der Waals surface area contributed by atoms with E-state index >= 15 is 0 Å². The topological polar surface area (TPSA) is 51.5 Å². The number of benzene rings is 2. The van der Waals surface area contributed by atoms with Crippen molar-refractivity contribution in [3.05, 3.63) is 71.4 Å². The number of anilines is 2. The van der Waals surface area contributed by atoms with Gasteiger partial charge in [-0.1, -0.05) is 29.8 Å². The van der Waals surface area contributed by atoms with Gasteiger partial charge >= 0.3 is 0 Å². The minimum Gasteiger partial charge on any atom is -0.497 e. The van der Waals surface area contributed by atoms with Gasteiger partial charge in [-0.3, -0.25) is 0 Å². The van der Waals surface area contributed by atoms with E-state index in [2.05, 4.69) is 43.4 Å². The lowest BCUT2D eigenvalue weighted by Gasteiger charge is -2.10. The van der Waals surface area contributed by atoms with Gasteiger partial charge < -0.3 is 10.1 Å². The fourth-order valence-corrected chi connectivity index (χ4v) is 3.25. The lowest BCUT2D eigenvalue weighted by atomic mass is 10.1. The predicted molar refractivity (Wildman–Crippen MR) is 109 cm³/mol. The van der Waals surface area contributed by atoms with Gasteiger partial charge in [0.05, 0.1) is 12.8 Å². The largest absolute Gasteiger partial charge is 0.497 e. The number of nitrogens with zero attached hydrogens (tertiary/aromatic N) is 3. The molecule has 0 fully saturated rings. The van der Waals surface area contributed by atoms with Gasteiger partial charge in [-0.15, -0.1) is 0 Å². The lowest BCUT2D eigenvalue weighted by Crippen LogP contribution is -2.02. The van der Waals surface area contributed by atoms with Gasteiger partial charge in [-0.25, -0.2) is 4.98 Å². The van der Waals surface area contributed by atoms with Crippen LogP contribution in [0.1, 0.15) is 16.8 Å². The molecule has 27 heavy (non-hydrogen) atoms. The van der Waals surface area contributed by atoms with Gasteiger partial charge in [0.25, 0.3) is 0 Å². The zero-order chi connectivity index (χ0) is 19.0. The van der Waals surface area contributed by atoms with E-state index in [0.29, 0.717) is 0 Å². The van der Waals surface area contributed by atoms with Gasteiger partial charge in [0.2, 0.25) is 0 Å². The summed E-state index contributed by atoms with van der Waals surface area (Å²) in [6.45, 7) is 6.16. The van der Waals surface area contributed by atoms with Crippen LogP contribution >= 0.6 is 0 Å². The number of nitrogens with one attached hydrogen (secondary N) is 1. The van der Waals surface area contributed by atoms with E-state index in [-0.39, 0.29) is 0 Å². The Morgan fingerprint density at radius 2 is 1.78 bits per heavy atom. The molecule has 2 heterocycles. The molecule has 0 radical (unpaired) electrons. The van der Waals surface area contributed by atoms with Gasteiger partial charge in [0.1, 0.15) is 11.6 Å². The molecule has 0 saturated carbocycles. The summed E-state index contributed by atoms with van der Waals surface area (Å²) in [5.74, 6) is 1.67. The van der Waals surface area contributed by atoms with Crippen molar-refractivity contribution in [1.29, 1.82) is 0 Å². The molecule has 0 unspecified atom stereocenters. The van der Waals surface area contributed by atoms with Crippen molar-refractivity contribution in [1.82, 2.24) is 14.6 Å². The van der Waals surface area contributed by atoms with Crippen LogP contribution in [-0.2, 0) is 0 Å². The van der Waals surface area contributed by atoms with Crippen molar-refractivity contribution in [3.8, 4) is 17.0 Å². The number of aromatic nitrogens is 3. The summed E-state index contributed by atoms with van der Waals surface area (Å²) >= 11 is 0. The second-order valence-corrected chi connectivity index (χ2v) is 6.72. The molecule has 5 nitrogen and oxygen atoms in total. The molecule has 2 aromatic carbocycles. The Balaban J connectivity index is 1.85. The number of hydrogen-bond acceptors (Lipinski definition) is 4.